The number of nitrogens with zero attached hydrogens (tertiary/aromatic N) is 2. The van der Waals surface area contributed by atoms with Crippen LogP contribution < -0.4 is 16.0 Å². The van der Waals surface area contributed by atoms with E-state index in [0.29, 0.717) is 27.6 Å². The zero-order valence-electron chi connectivity index (χ0n) is 15.6. The standard InChI is InChI=1S/C20H19N5O3S/c1-25(19(28)11-6-7-11)16-5-3-2-4-13(16)18(27)24-20-23-15(10-29-20)12-8-14(17(21)26)22-9-12/h2-5,8-11,22H,6-7H2,1H3,(H2,21,26)(H,23,24,27). The van der Waals surface area contributed by atoms with E-state index >= 15 is 0 Å². The SMILES string of the molecule is CN(C(=O)C1CC1)c1ccccc1C(=O)Nc1nc(-c2c[nH]c(C(N)=O)c2)cs1. The third-order valence-electron chi connectivity index (χ3n) is 4.74. The van der Waals surface area contributed by atoms with E-state index in [1.165, 1.54) is 11.3 Å². The third-order valence-corrected chi connectivity index (χ3v) is 5.49. The molecule has 0 bridgehead atoms. The average molecular weight is 409 g/mol. The zero-order chi connectivity index (χ0) is 20.5. The number of H-pyrrole nitrogens is 1. The third kappa shape index (κ3) is 3.90. The number of aromatic nitrogens is 2. The first-order valence-corrected chi connectivity index (χ1v) is 9.94. The van der Waals surface area contributed by atoms with Crippen LogP contribution in [0.4, 0.5) is 10.8 Å². The Morgan fingerprint density at radius 2 is 2.03 bits per heavy atom. The van der Waals surface area contributed by atoms with Gasteiger partial charge in [0.05, 0.1) is 16.9 Å². The smallest absolute Gasteiger partial charge is 0.265 e. The van der Waals surface area contributed by atoms with E-state index in [1.807, 2.05) is 0 Å². The van der Waals surface area contributed by atoms with Crippen molar-refractivity contribution in [1.29, 1.82) is 0 Å². The maximum Gasteiger partial charge on any atom is 0.265 e. The van der Waals surface area contributed by atoms with Gasteiger partial charge < -0.3 is 15.6 Å². The molecule has 0 radical (unpaired) electrons. The van der Waals surface area contributed by atoms with E-state index in [0.717, 1.165) is 12.8 Å². The highest BCUT2D eigenvalue weighted by Crippen LogP contribution is 2.33. The van der Waals surface area contributed by atoms with Crippen molar-refractivity contribution in [2.75, 3.05) is 17.3 Å². The number of nitrogens with two attached hydrogens (primary N) is 1. The molecule has 1 fully saturated rings. The van der Waals surface area contributed by atoms with Crippen LogP contribution in [-0.2, 0) is 4.79 Å². The van der Waals surface area contributed by atoms with Crippen molar-refractivity contribution < 1.29 is 14.4 Å². The summed E-state index contributed by atoms with van der Waals surface area (Å²) in [5, 5.41) is 4.98. The molecule has 1 aliphatic carbocycles. The molecule has 0 aliphatic heterocycles. The molecule has 2 aromatic heterocycles. The minimum atomic E-state index is -0.554. The maximum absolute atomic E-state index is 12.8. The summed E-state index contributed by atoms with van der Waals surface area (Å²) in [6.07, 6.45) is 3.43. The maximum atomic E-state index is 12.8. The number of carbonyl (C=O) groups excluding carboxylic acids is 3. The van der Waals surface area contributed by atoms with Gasteiger partial charge in [-0.05, 0) is 31.0 Å². The minimum absolute atomic E-state index is 0.0273. The zero-order valence-corrected chi connectivity index (χ0v) is 16.5. The van der Waals surface area contributed by atoms with Crippen molar-refractivity contribution in [3.05, 3.63) is 53.2 Å². The van der Waals surface area contributed by atoms with E-state index in [1.54, 1.807) is 53.9 Å². The quantitative estimate of drug-likeness (QED) is 0.579. The molecule has 0 atom stereocenters. The van der Waals surface area contributed by atoms with Crippen molar-refractivity contribution in [3.8, 4) is 11.3 Å². The number of anilines is 2. The van der Waals surface area contributed by atoms with Crippen LogP contribution in [0.5, 0.6) is 0 Å². The van der Waals surface area contributed by atoms with E-state index < -0.39 is 5.91 Å². The Balaban J connectivity index is 1.52. The number of amides is 3. The van der Waals surface area contributed by atoms with Crippen molar-refractivity contribution >= 4 is 39.9 Å². The van der Waals surface area contributed by atoms with E-state index in [9.17, 15) is 14.4 Å². The van der Waals surface area contributed by atoms with Crippen molar-refractivity contribution in [3.63, 3.8) is 0 Å². The van der Waals surface area contributed by atoms with E-state index in [4.69, 9.17) is 5.73 Å². The van der Waals surface area contributed by atoms with Gasteiger partial charge in [-0.1, -0.05) is 12.1 Å². The number of hydrogen-bond donors (Lipinski definition) is 3. The van der Waals surface area contributed by atoms with Gasteiger partial charge in [0.1, 0.15) is 5.69 Å². The van der Waals surface area contributed by atoms with Gasteiger partial charge in [0, 0.05) is 30.1 Å². The van der Waals surface area contributed by atoms with Gasteiger partial charge in [-0.3, -0.25) is 19.7 Å². The Morgan fingerprint density at radius 1 is 1.28 bits per heavy atom. The predicted molar refractivity (Wildman–Crippen MR) is 111 cm³/mol. The summed E-state index contributed by atoms with van der Waals surface area (Å²) < 4.78 is 0. The van der Waals surface area contributed by atoms with E-state index in [-0.39, 0.29) is 23.4 Å². The van der Waals surface area contributed by atoms with Gasteiger partial charge in [-0.2, -0.15) is 0 Å². The highest BCUT2D eigenvalue weighted by molar-refractivity contribution is 7.14. The number of aromatic amines is 1. The molecule has 1 aliphatic rings. The lowest BCUT2D eigenvalue weighted by atomic mass is 10.1. The van der Waals surface area contributed by atoms with Crippen LogP contribution in [0.2, 0.25) is 0 Å². The molecule has 1 saturated carbocycles. The molecule has 4 rings (SSSR count). The highest BCUT2D eigenvalue weighted by atomic mass is 32.1. The Hall–Kier alpha value is -3.46. The number of thiazole rings is 1. The second kappa shape index (κ2) is 7.51. The Bertz CT molecular complexity index is 1100. The molecule has 3 amide bonds. The van der Waals surface area contributed by atoms with Crippen LogP contribution in [-0.4, -0.2) is 34.7 Å². The second-order valence-corrected chi connectivity index (χ2v) is 7.71. The minimum Gasteiger partial charge on any atom is -0.364 e. The van der Waals surface area contributed by atoms with E-state index in [2.05, 4.69) is 15.3 Å². The highest BCUT2D eigenvalue weighted by Gasteiger charge is 2.33. The Labute approximate surface area is 170 Å². The molecular weight excluding hydrogens is 390 g/mol. The Morgan fingerprint density at radius 3 is 2.72 bits per heavy atom. The number of primary amides is 1. The first kappa shape index (κ1) is 18.9. The summed E-state index contributed by atoms with van der Waals surface area (Å²) in [4.78, 5) is 45.2. The summed E-state index contributed by atoms with van der Waals surface area (Å²) in [7, 11) is 1.69. The monoisotopic (exact) mass is 409 g/mol. The molecule has 0 unspecified atom stereocenters. The van der Waals surface area contributed by atoms with Crippen LogP contribution in [0.25, 0.3) is 11.3 Å². The van der Waals surface area contributed by atoms with Gasteiger partial charge in [-0.15, -0.1) is 11.3 Å². The topological polar surface area (TPSA) is 121 Å². The molecule has 4 N–H and O–H groups in total. The fraction of sp³-hybridized carbons (Fsp3) is 0.200. The summed E-state index contributed by atoms with van der Waals surface area (Å²) >= 11 is 1.27. The van der Waals surface area contributed by atoms with Crippen LogP contribution in [0.3, 0.4) is 0 Å². The molecule has 148 valence electrons. The largest absolute Gasteiger partial charge is 0.364 e. The molecule has 1 aromatic carbocycles. The van der Waals surface area contributed by atoms with Gasteiger partial charge in [0.25, 0.3) is 11.8 Å². The first-order valence-electron chi connectivity index (χ1n) is 9.06. The Kier molecular flexibility index (Phi) is 4.89. The first-order chi connectivity index (χ1) is 13.9. The summed E-state index contributed by atoms with van der Waals surface area (Å²) in [5.74, 6) is -0.811. The lowest BCUT2D eigenvalue weighted by Crippen LogP contribution is -2.29. The number of para-hydroxylation sites is 1. The molecule has 3 aromatic rings. The summed E-state index contributed by atoms with van der Waals surface area (Å²) in [6.45, 7) is 0. The molecule has 9 heteroatoms. The molecule has 8 nitrogen and oxygen atoms in total. The van der Waals surface area contributed by atoms with Gasteiger partial charge in [0.2, 0.25) is 5.91 Å². The molecular formula is C20H19N5O3S. The molecule has 0 saturated heterocycles. The average Bonchev–Trinajstić information content (AvgIpc) is 3.25. The molecule has 2 heterocycles. The lowest BCUT2D eigenvalue weighted by molar-refractivity contribution is -0.119. The second-order valence-electron chi connectivity index (χ2n) is 6.85. The number of carbonyl (C=O) groups is 3. The number of benzene rings is 1. The van der Waals surface area contributed by atoms with Gasteiger partial charge in [0.15, 0.2) is 5.13 Å². The normalized spacial score (nSPS) is 13.1. The number of hydrogen-bond acceptors (Lipinski definition) is 5. The summed E-state index contributed by atoms with van der Waals surface area (Å²) in [5.41, 5.74) is 7.82. The van der Waals surface area contributed by atoms with Crippen LogP contribution in [0, 0.1) is 5.92 Å². The fourth-order valence-electron chi connectivity index (χ4n) is 2.99. The number of nitrogens with one attached hydrogen (secondary N) is 2. The molecule has 29 heavy (non-hydrogen) atoms. The van der Waals surface area contributed by atoms with Crippen LogP contribution >= 0.6 is 11.3 Å². The van der Waals surface area contributed by atoms with Crippen molar-refractivity contribution in [1.82, 2.24) is 9.97 Å². The van der Waals surface area contributed by atoms with Gasteiger partial charge in [-0.25, -0.2) is 4.98 Å². The van der Waals surface area contributed by atoms with Gasteiger partial charge >= 0.3 is 0 Å². The van der Waals surface area contributed by atoms with Crippen molar-refractivity contribution in [2.45, 2.75) is 12.8 Å². The van der Waals surface area contributed by atoms with Crippen LogP contribution in [0.15, 0.2) is 41.9 Å². The lowest BCUT2D eigenvalue weighted by Gasteiger charge is -2.20. The van der Waals surface area contributed by atoms with Crippen molar-refractivity contribution in [2.24, 2.45) is 11.7 Å². The predicted octanol–water partition coefficient (Wildman–Crippen LogP) is 2.86. The summed E-state index contributed by atoms with van der Waals surface area (Å²) in [6, 6.07) is 8.60. The number of rotatable bonds is 6. The fourth-order valence-corrected chi connectivity index (χ4v) is 3.71. The van der Waals surface area contributed by atoms with Crippen LogP contribution in [0.1, 0.15) is 33.7 Å². The molecule has 0 spiro atoms.